The molecule has 0 saturated heterocycles. The Hall–Kier alpha value is -1.15. The fourth-order valence-corrected chi connectivity index (χ4v) is 2.24. The third-order valence-corrected chi connectivity index (χ3v) is 3.14. The van der Waals surface area contributed by atoms with Crippen molar-refractivity contribution in [3.05, 3.63) is 41.7 Å². The third-order valence-electron chi connectivity index (χ3n) is 3.14. The van der Waals surface area contributed by atoms with Crippen molar-refractivity contribution in [2.45, 2.75) is 31.8 Å². The highest BCUT2D eigenvalue weighted by Gasteiger charge is 2.23. The minimum Gasteiger partial charge on any atom is -0.393 e. The summed E-state index contributed by atoms with van der Waals surface area (Å²) in [5.41, 5.74) is 0.889. The molecule has 1 N–H and O–H groups in total. The van der Waals surface area contributed by atoms with E-state index in [1.807, 2.05) is 30.3 Å². The lowest BCUT2D eigenvalue weighted by Gasteiger charge is -2.24. The third kappa shape index (κ3) is 2.92. The van der Waals surface area contributed by atoms with Gasteiger partial charge >= 0.3 is 0 Å². The first kappa shape index (κ1) is 11.3. The molecule has 16 heavy (non-hydrogen) atoms. The lowest BCUT2D eigenvalue weighted by molar-refractivity contribution is 0.105. The summed E-state index contributed by atoms with van der Waals surface area (Å²) in [5.74, 6) is -0.186. The molecule has 0 amide bonds. The molecule has 2 unspecified atom stereocenters. The number of rotatable bonds is 2. The number of allylic oxidation sites excluding steroid dienone is 1. The van der Waals surface area contributed by atoms with Gasteiger partial charge in [-0.05, 0) is 30.9 Å². The molecule has 1 fully saturated rings. The van der Waals surface area contributed by atoms with E-state index in [1.54, 1.807) is 6.08 Å². The summed E-state index contributed by atoms with van der Waals surface area (Å²) in [7, 11) is 0. The quantitative estimate of drug-likeness (QED) is 0.808. The van der Waals surface area contributed by atoms with Gasteiger partial charge in [0, 0.05) is 5.92 Å². The first-order valence-electron chi connectivity index (χ1n) is 5.86. The van der Waals surface area contributed by atoms with Gasteiger partial charge in [0.1, 0.15) is 5.83 Å². The second-order valence-corrected chi connectivity index (χ2v) is 4.46. The molecule has 1 aliphatic carbocycles. The number of hydrogen-bond acceptors (Lipinski definition) is 1. The molecule has 86 valence electrons. The van der Waals surface area contributed by atoms with Crippen LogP contribution < -0.4 is 0 Å². The van der Waals surface area contributed by atoms with E-state index in [0.29, 0.717) is 6.42 Å². The number of halogens is 1. The molecular weight excluding hydrogens is 203 g/mol. The van der Waals surface area contributed by atoms with Crippen LogP contribution in [0.15, 0.2) is 36.2 Å². The molecule has 1 nitrogen and oxygen atoms in total. The second kappa shape index (κ2) is 5.26. The smallest absolute Gasteiger partial charge is 0.104 e. The molecule has 1 saturated carbocycles. The van der Waals surface area contributed by atoms with Crippen LogP contribution in [0.3, 0.4) is 0 Å². The predicted octanol–water partition coefficient (Wildman–Crippen LogP) is 3.55. The summed E-state index contributed by atoms with van der Waals surface area (Å²) in [4.78, 5) is 0. The van der Waals surface area contributed by atoms with E-state index in [9.17, 15) is 9.50 Å². The summed E-state index contributed by atoms with van der Waals surface area (Å²) >= 11 is 0. The fraction of sp³-hybridized carbons (Fsp3) is 0.429. The van der Waals surface area contributed by atoms with Gasteiger partial charge in [0.05, 0.1) is 6.10 Å². The highest BCUT2D eigenvalue weighted by Crippen LogP contribution is 2.31. The van der Waals surface area contributed by atoms with Gasteiger partial charge in [0.25, 0.3) is 0 Å². The van der Waals surface area contributed by atoms with Crippen molar-refractivity contribution in [2.24, 2.45) is 5.92 Å². The number of aliphatic hydroxyl groups excluding tert-OH is 1. The fourth-order valence-electron chi connectivity index (χ4n) is 2.24. The van der Waals surface area contributed by atoms with Crippen molar-refractivity contribution in [3.63, 3.8) is 0 Å². The van der Waals surface area contributed by atoms with Gasteiger partial charge in [-0.15, -0.1) is 0 Å². The molecule has 1 aromatic carbocycles. The molecule has 0 heterocycles. The Morgan fingerprint density at radius 2 is 2.00 bits per heavy atom. The molecule has 1 aliphatic rings. The van der Waals surface area contributed by atoms with Crippen LogP contribution in [0.5, 0.6) is 0 Å². The van der Waals surface area contributed by atoms with E-state index >= 15 is 0 Å². The Morgan fingerprint density at radius 3 is 2.69 bits per heavy atom. The van der Waals surface area contributed by atoms with E-state index in [1.165, 1.54) is 0 Å². The molecule has 0 aliphatic heterocycles. The Morgan fingerprint density at radius 1 is 1.25 bits per heavy atom. The normalized spacial score (nSPS) is 26.8. The monoisotopic (exact) mass is 220 g/mol. The first-order valence-corrected chi connectivity index (χ1v) is 5.86. The topological polar surface area (TPSA) is 20.2 Å². The molecular formula is C14H17FO. The first-order chi connectivity index (χ1) is 7.75. The zero-order chi connectivity index (χ0) is 11.4. The molecule has 0 aromatic heterocycles. The highest BCUT2D eigenvalue weighted by molar-refractivity contribution is 5.51. The van der Waals surface area contributed by atoms with Gasteiger partial charge in [0.15, 0.2) is 0 Å². The number of aliphatic hydroxyl groups is 1. The van der Waals surface area contributed by atoms with Gasteiger partial charge in [-0.2, -0.15) is 0 Å². The van der Waals surface area contributed by atoms with Crippen molar-refractivity contribution < 1.29 is 9.50 Å². The molecule has 0 spiro atoms. The zero-order valence-electron chi connectivity index (χ0n) is 9.27. The predicted molar refractivity (Wildman–Crippen MR) is 63.5 cm³/mol. The summed E-state index contributed by atoms with van der Waals surface area (Å²) in [5, 5.41) is 9.50. The minimum atomic E-state index is -0.325. The molecule has 2 heteroatoms. The molecule has 0 radical (unpaired) electrons. The van der Waals surface area contributed by atoms with Gasteiger partial charge in [-0.3, -0.25) is 0 Å². The average molecular weight is 220 g/mol. The molecule has 0 bridgehead atoms. The summed E-state index contributed by atoms with van der Waals surface area (Å²) in [6.45, 7) is 0. The van der Waals surface area contributed by atoms with E-state index in [-0.39, 0.29) is 17.8 Å². The van der Waals surface area contributed by atoms with Crippen LogP contribution in [0.2, 0.25) is 0 Å². The van der Waals surface area contributed by atoms with Gasteiger partial charge < -0.3 is 5.11 Å². The van der Waals surface area contributed by atoms with Crippen LogP contribution in [-0.4, -0.2) is 11.2 Å². The standard InChI is InChI=1S/C14H17FO/c15-14(9-11-5-2-1-3-6-11)12-7-4-8-13(16)10-12/h1-3,5-6,9,12-13,16H,4,7-8,10H2. The van der Waals surface area contributed by atoms with Crippen LogP contribution in [0.1, 0.15) is 31.2 Å². The lowest BCUT2D eigenvalue weighted by atomic mass is 9.86. The Labute approximate surface area is 95.6 Å². The maximum atomic E-state index is 13.9. The van der Waals surface area contributed by atoms with E-state index in [0.717, 1.165) is 24.8 Å². The van der Waals surface area contributed by atoms with Crippen molar-refractivity contribution in [1.82, 2.24) is 0 Å². The number of benzene rings is 1. The van der Waals surface area contributed by atoms with Crippen molar-refractivity contribution in [2.75, 3.05) is 0 Å². The lowest BCUT2D eigenvalue weighted by Crippen LogP contribution is -2.19. The average Bonchev–Trinajstić information content (AvgIpc) is 2.30. The van der Waals surface area contributed by atoms with Crippen LogP contribution in [-0.2, 0) is 0 Å². The summed E-state index contributed by atoms with van der Waals surface area (Å²) in [6.07, 6.45) is 4.41. The van der Waals surface area contributed by atoms with Crippen molar-refractivity contribution in [1.29, 1.82) is 0 Å². The zero-order valence-corrected chi connectivity index (χ0v) is 9.27. The maximum Gasteiger partial charge on any atom is 0.104 e. The van der Waals surface area contributed by atoms with Crippen LogP contribution >= 0.6 is 0 Å². The van der Waals surface area contributed by atoms with Crippen LogP contribution in [0, 0.1) is 5.92 Å². The Bertz CT molecular complexity index is 358. The maximum absolute atomic E-state index is 13.9. The highest BCUT2D eigenvalue weighted by atomic mass is 19.1. The minimum absolute atomic E-state index is 0.0926. The molecule has 1 aromatic rings. The summed E-state index contributed by atoms with van der Waals surface area (Å²) < 4.78 is 13.9. The van der Waals surface area contributed by atoms with Gasteiger partial charge in [0.2, 0.25) is 0 Å². The van der Waals surface area contributed by atoms with E-state index in [2.05, 4.69) is 0 Å². The SMILES string of the molecule is OC1CCCC(C(F)=Cc2ccccc2)C1. The largest absolute Gasteiger partial charge is 0.393 e. The molecule has 2 rings (SSSR count). The number of hydrogen-bond donors (Lipinski definition) is 1. The van der Waals surface area contributed by atoms with Crippen LogP contribution in [0.25, 0.3) is 6.08 Å². The van der Waals surface area contributed by atoms with E-state index < -0.39 is 0 Å². The second-order valence-electron chi connectivity index (χ2n) is 4.46. The molecule has 2 atom stereocenters. The van der Waals surface area contributed by atoms with Crippen molar-refractivity contribution >= 4 is 6.08 Å². The van der Waals surface area contributed by atoms with E-state index in [4.69, 9.17) is 0 Å². The van der Waals surface area contributed by atoms with Crippen molar-refractivity contribution in [3.8, 4) is 0 Å². The van der Waals surface area contributed by atoms with Gasteiger partial charge in [-0.1, -0.05) is 36.8 Å². The van der Waals surface area contributed by atoms with Crippen LogP contribution in [0.4, 0.5) is 4.39 Å². The van der Waals surface area contributed by atoms with Gasteiger partial charge in [-0.25, -0.2) is 4.39 Å². The Kier molecular flexibility index (Phi) is 3.73. The Balaban J connectivity index is 2.06. The summed E-state index contributed by atoms with van der Waals surface area (Å²) in [6, 6.07) is 9.49.